The summed E-state index contributed by atoms with van der Waals surface area (Å²) in [5.41, 5.74) is 0.796. The molecule has 10 heavy (non-hydrogen) atoms. The molecule has 1 aromatic heterocycles. The Balaban J connectivity index is 2.67. The molecule has 0 amide bonds. The van der Waals surface area contributed by atoms with Gasteiger partial charge in [0.1, 0.15) is 7.11 Å². The van der Waals surface area contributed by atoms with Crippen molar-refractivity contribution in [3.63, 3.8) is 0 Å². The first-order chi connectivity index (χ1) is 4.93. The number of oxime groups is 1. The molecule has 0 radical (unpaired) electrons. The van der Waals surface area contributed by atoms with Gasteiger partial charge in [0.2, 0.25) is 0 Å². The van der Waals surface area contributed by atoms with Gasteiger partial charge in [-0.1, -0.05) is 11.2 Å². The summed E-state index contributed by atoms with van der Waals surface area (Å²) in [4.78, 5) is 8.46. The van der Waals surface area contributed by atoms with Crippen LogP contribution in [0.4, 0.5) is 0 Å². The van der Waals surface area contributed by atoms with Crippen LogP contribution in [0.25, 0.3) is 0 Å². The van der Waals surface area contributed by atoms with Gasteiger partial charge in [0, 0.05) is 6.20 Å². The molecule has 0 aromatic carbocycles. The molecule has 3 heteroatoms. The Labute approximate surface area is 59.3 Å². The Morgan fingerprint density at radius 3 is 3.10 bits per heavy atom. The third-order valence-corrected chi connectivity index (χ3v) is 0.978. The zero-order chi connectivity index (χ0) is 7.23. The van der Waals surface area contributed by atoms with Crippen LogP contribution >= 0.6 is 0 Å². The fraction of sp³-hybridized carbons (Fsp3) is 0.143. The number of rotatable bonds is 2. The van der Waals surface area contributed by atoms with Crippen LogP contribution in [-0.2, 0) is 4.84 Å². The Hall–Kier alpha value is -1.38. The number of hydrogen-bond donors (Lipinski definition) is 0. The lowest BCUT2D eigenvalue weighted by Gasteiger charge is -1.87. The maximum atomic E-state index is 4.48. The number of nitrogens with zero attached hydrogens (tertiary/aromatic N) is 2. The van der Waals surface area contributed by atoms with E-state index in [4.69, 9.17) is 0 Å². The minimum atomic E-state index is 0.796. The van der Waals surface area contributed by atoms with E-state index in [1.54, 1.807) is 12.4 Å². The van der Waals surface area contributed by atoms with Gasteiger partial charge < -0.3 is 4.84 Å². The van der Waals surface area contributed by atoms with E-state index in [0.717, 1.165) is 5.69 Å². The highest BCUT2D eigenvalue weighted by Crippen LogP contribution is 1.87. The van der Waals surface area contributed by atoms with Gasteiger partial charge in [0.25, 0.3) is 0 Å². The van der Waals surface area contributed by atoms with Crippen LogP contribution in [0, 0.1) is 0 Å². The summed E-state index contributed by atoms with van der Waals surface area (Å²) in [5.74, 6) is 0. The molecule has 1 rings (SSSR count). The summed E-state index contributed by atoms with van der Waals surface area (Å²) >= 11 is 0. The van der Waals surface area contributed by atoms with Gasteiger partial charge in [-0.15, -0.1) is 0 Å². The predicted molar refractivity (Wildman–Crippen MR) is 38.8 cm³/mol. The van der Waals surface area contributed by atoms with Crippen molar-refractivity contribution in [2.45, 2.75) is 0 Å². The molecule has 52 valence electrons. The lowest BCUT2D eigenvalue weighted by atomic mass is 10.4. The van der Waals surface area contributed by atoms with Crippen LogP contribution in [0.5, 0.6) is 0 Å². The molecule has 0 aliphatic heterocycles. The lowest BCUT2D eigenvalue weighted by molar-refractivity contribution is 0.215. The van der Waals surface area contributed by atoms with Crippen molar-refractivity contribution in [2.75, 3.05) is 7.11 Å². The van der Waals surface area contributed by atoms with Gasteiger partial charge in [-0.25, -0.2) is 0 Å². The van der Waals surface area contributed by atoms with E-state index in [0.29, 0.717) is 0 Å². The first kappa shape index (κ1) is 6.74. The molecule has 0 N–H and O–H groups in total. The van der Waals surface area contributed by atoms with E-state index < -0.39 is 0 Å². The molecule has 1 aromatic rings. The van der Waals surface area contributed by atoms with Gasteiger partial charge >= 0.3 is 0 Å². The number of aromatic nitrogens is 1. The molecule has 0 unspecified atom stereocenters. The summed E-state index contributed by atoms with van der Waals surface area (Å²) in [6.07, 6.45) is 3.26. The van der Waals surface area contributed by atoms with E-state index >= 15 is 0 Å². The van der Waals surface area contributed by atoms with Crippen LogP contribution in [-0.4, -0.2) is 18.3 Å². The number of pyridine rings is 1. The minimum Gasteiger partial charge on any atom is -0.399 e. The highest BCUT2D eigenvalue weighted by Gasteiger charge is 1.82. The zero-order valence-electron chi connectivity index (χ0n) is 5.69. The van der Waals surface area contributed by atoms with Crippen molar-refractivity contribution in [1.29, 1.82) is 0 Å². The average molecular weight is 136 g/mol. The van der Waals surface area contributed by atoms with Crippen molar-refractivity contribution in [1.82, 2.24) is 4.98 Å². The predicted octanol–water partition coefficient (Wildman–Crippen LogP) is 1.06. The Morgan fingerprint density at radius 1 is 1.60 bits per heavy atom. The van der Waals surface area contributed by atoms with Crippen molar-refractivity contribution >= 4 is 6.21 Å². The second kappa shape index (κ2) is 3.61. The van der Waals surface area contributed by atoms with Crippen LogP contribution in [0.3, 0.4) is 0 Å². The number of hydrogen-bond acceptors (Lipinski definition) is 3. The van der Waals surface area contributed by atoms with Gasteiger partial charge in [-0.2, -0.15) is 0 Å². The fourth-order valence-electron chi connectivity index (χ4n) is 0.559. The van der Waals surface area contributed by atoms with Crippen molar-refractivity contribution in [3.8, 4) is 0 Å². The van der Waals surface area contributed by atoms with Crippen LogP contribution in [0.15, 0.2) is 29.6 Å². The molecule has 0 bridgehead atoms. The molecule has 0 saturated carbocycles. The summed E-state index contributed by atoms with van der Waals surface area (Å²) in [7, 11) is 1.50. The molecule has 0 fully saturated rings. The minimum absolute atomic E-state index is 0.796. The summed E-state index contributed by atoms with van der Waals surface area (Å²) in [5, 5.41) is 3.55. The average Bonchev–Trinajstić information content (AvgIpc) is 2.03. The molecule has 0 aliphatic rings. The van der Waals surface area contributed by atoms with Crippen LogP contribution < -0.4 is 0 Å². The third kappa shape index (κ3) is 1.85. The maximum Gasteiger partial charge on any atom is 0.106 e. The van der Waals surface area contributed by atoms with Crippen molar-refractivity contribution < 1.29 is 4.84 Å². The highest BCUT2D eigenvalue weighted by atomic mass is 16.6. The molecular weight excluding hydrogens is 128 g/mol. The Bertz CT molecular complexity index is 208. The highest BCUT2D eigenvalue weighted by molar-refractivity contribution is 5.76. The van der Waals surface area contributed by atoms with E-state index in [9.17, 15) is 0 Å². The first-order valence-electron chi connectivity index (χ1n) is 2.91. The van der Waals surface area contributed by atoms with E-state index in [1.807, 2.05) is 18.2 Å². The van der Waals surface area contributed by atoms with Crippen molar-refractivity contribution in [2.24, 2.45) is 5.16 Å². The van der Waals surface area contributed by atoms with Gasteiger partial charge in [-0.3, -0.25) is 4.98 Å². The zero-order valence-corrected chi connectivity index (χ0v) is 5.69. The molecule has 0 aliphatic carbocycles. The lowest BCUT2D eigenvalue weighted by Crippen LogP contribution is -1.84. The van der Waals surface area contributed by atoms with Crippen LogP contribution in [0.1, 0.15) is 5.69 Å². The molecular formula is C7H8N2O. The van der Waals surface area contributed by atoms with Gasteiger partial charge in [0.05, 0.1) is 11.9 Å². The normalized spacial score (nSPS) is 10.1. The SMILES string of the molecule is CON=Cc1ccccn1. The summed E-state index contributed by atoms with van der Waals surface area (Å²) in [6, 6.07) is 5.59. The quantitative estimate of drug-likeness (QED) is 0.450. The molecule has 0 saturated heterocycles. The molecule has 3 nitrogen and oxygen atoms in total. The monoisotopic (exact) mass is 136 g/mol. The molecule has 1 heterocycles. The maximum absolute atomic E-state index is 4.48. The smallest absolute Gasteiger partial charge is 0.106 e. The molecule has 0 atom stereocenters. The van der Waals surface area contributed by atoms with E-state index in [1.165, 1.54) is 7.11 Å². The Kier molecular flexibility index (Phi) is 2.43. The first-order valence-corrected chi connectivity index (χ1v) is 2.91. The fourth-order valence-corrected chi connectivity index (χ4v) is 0.559. The molecule has 0 spiro atoms. The second-order valence-electron chi connectivity index (χ2n) is 1.67. The van der Waals surface area contributed by atoms with E-state index in [2.05, 4.69) is 15.0 Å². The second-order valence-corrected chi connectivity index (χ2v) is 1.67. The summed E-state index contributed by atoms with van der Waals surface area (Å²) < 4.78 is 0. The largest absolute Gasteiger partial charge is 0.399 e. The van der Waals surface area contributed by atoms with Crippen molar-refractivity contribution in [3.05, 3.63) is 30.1 Å². The Morgan fingerprint density at radius 2 is 2.50 bits per heavy atom. The van der Waals surface area contributed by atoms with E-state index in [-0.39, 0.29) is 0 Å². The third-order valence-electron chi connectivity index (χ3n) is 0.978. The summed E-state index contributed by atoms with van der Waals surface area (Å²) in [6.45, 7) is 0. The van der Waals surface area contributed by atoms with Crippen LogP contribution in [0.2, 0.25) is 0 Å². The standard InChI is InChI=1S/C7H8N2O/c1-10-9-6-7-4-2-3-5-8-7/h2-6H,1H3. The van der Waals surface area contributed by atoms with Gasteiger partial charge in [0.15, 0.2) is 0 Å². The van der Waals surface area contributed by atoms with Gasteiger partial charge in [-0.05, 0) is 12.1 Å². The topological polar surface area (TPSA) is 34.5 Å².